The Balaban J connectivity index is 1.60. The van der Waals surface area contributed by atoms with Crippen molar-refractivity contribution < 1.29 is 37.4 Å². The van der Waals surface area contributed by atoms with Gasteiger partial charge in [-0.25, -0.2) is 4.39 Å². The van der Waals surface area contributed by atoms with Crippen molar-refractivity contribution in [2.24, 2.45) is 0 Å². The minimum absolute atomic E-state index is 0.00300. The van der Waals surface area contributed by atoms with Crippen molar-refractivity contribution >= 4 is 11.9 Å². The van der Waals surface area contributed by atoms with Crippen LogP contribution in [0.2, 0.25) is 0 Å². The summed E-state index contributed by atoms with van der Waals surface area (Å²) in [6.07, 6.45) is -4.09. The summed E-state index contributed by atoms with van der Waals surface area (Å²) in [5.74, 6) is -2.30. The van der Waals surface area contributed by atoms with E-state index in [1.165, 1.54) is 23.0 Å². The van der Waals surface area contributed by atoms with Crippen molar-refractivity contribution in [3.63, 3.8) is 0 Å². The number of rotatable bonds is 7. The van der Waals surface area contributed by atoms with Gasteiger partial charge in [0.15, 0.2) is 5.60 Å². The van der Waals surface area contributed by atoms with Crippen molar-refractivity contribution in [3.05, 3.63) is 35.8 Å². The first-order valence-electron chi connectivity index (χ1n) is 10.0. The molecule has 0 spiro atoms. The Kier molecular flexibility index (Phi) is 6.82. The Morgan fingerprint density at radius 1 is 1.25 bits per heavy atom. The molecule has 2 aromatic rings. The Bertz CT molecular complexity index is 984. The highest BCUT2D eigenvalue weighted by Gasteiger charge is 2.54. The summed E-state index contributed by atoms with van der Waals surface area (Å²) < 4.78 is 54.6. The van der Waals surface area contributed by atoms with E-state index in [-0.39, 0.29) is 36.1 Å². The van der Waals surface area contributed by atoms with Crippen LogP contribution in [0.25, 0.3) is 11.3 Å². The van der Waals surface area contributed by atoms with Gasteiger partial charge in [0.1, 0.15) is 11.5 Å². The summed E-state index contributed by atoms with van der Waals surface area (Å²) in [6.45, 7) is 0.298. The van der Waals surface area contributed by atoms with Gasteiger partial charge >= 0.3 is 12.1 Å². The molecule has 1 saturated carbocycles. The Morgan fingerprint density at radius 3 is 2.53 bits per heavy atom. The van der Waals surface area contributed by atoms with Crippen LogP contribution in [0.4, 0.5) is 17.6 Å². The predicted octanol–water partition coefficient (Wildman–Crippen LogP) is 2.91. The van der Waals surface area contributed by atoms with Crippen molar-refractivity contribution in [2.45, 2.75) is 62.9 Å². The predicted molar refractivity (Wildman–Crippen MR) is 103 cm³/mol. The number of nitrogens with zero attached hydrogens (tertiary/aromatic N) is 3. The van der Waals surface area contributed by atoms with Gasteiger partial charge in [0.25, 0.3) is 5.91 Å². The smallest absolute Gasteiger partial charge is 0.417 e. The van der Waals surface area contributed by atoms with E-state index in [0.29, 0.717) is 13.0 Å². The maximum Gasteiger partial charge on any atom is 0.417 e. The number of carbonyl (C=O) groups is 2. The van der Waals surface area contributed by atoms with Gasteiger partial charge in [-0.15, -0.1) is 5.10 Å². The first-order chi connectivity index (χ1) is 15.0. The molecule has 0 saturated heterocycles. The number of aromatic nitrogens is 3. The zero-order chi connectivity index (χ0) is 23.5. The van der Waals surface area contributed by atoms with Crippen LogP contribution in [0.3, 0.4) is 0 Å². The van der Waals surface area contributed by atoms with E-state index in [1.54, 1.807) is 0 Å². The van der Waals surface area contributed by atoms with Gasteiger partial charge in [0.05, 0.1) is 6.20 Å². The molecular formula is C20H22F4N4O4. The van der Waals surface area contributed by atoms with Crippen LogP contribution in [-0.4, -0.2) is 54.9 Å². The molecule has 1 aromatic carbocycles. The third kappa shape index (κ3) is 5.42. The van der Waals surface area contributed by atoms with Crippen LogP contribution in [0.15, 0.2) is 24.4 Å². The highest BCUT2D eigenvalue weighted by atomic mass is 19.4. The molecular weight excluding hydrogens is 436 g/mol. The van der Waals surface area contributed by atoms with Crippen LogP contribution < -0.4 is 5.32 Å². The summed E-state index contributed by atoms with van der Waals surface area (Å²) >= 11 is 0. The normalized spacial score (nSPS) is 21.3. The largest absolute Gasteiger partial charge is 0.481 e. The number of carboxylic acids is 1. The highest BCUT2D eigenvalue weighted by molar-refractivity contribution is 5.94. The van der Waals surface area contributed by atoms with E-state index in [9.17, 15) is 32.3 Å². The number of hydrogen-bond donors (Lipinski definition) is 3. The van der Waals surface area contributed by atoms with Gasteiger partial charge < -0.3 is 15.5 Å². The molecule has 32 heavy (non-hydrogen) atoms. The topological polar surface area (TPSA) is 117 Å². The number of aryl methyl sites for hydroxylation is 1. The zero-order valence-electron chi connectivity index (χ0n) is 16.9. The molecule has 174 valence electrons. The van der Waals surface area contributed by atoms with Crippen molar-refractivity contribution in [1.29, 1.82) is 0 Å². The molecule has 8 nitrogen and oxygen atoms in total. The summed E-state index contributed by atoms with van der Waals surface area (Å²) in [5, 5.41) is 28.6. The number of hydrogen-bond acceptors (Lipinski definition) is 5. The van der Waals surface area contributed by atoms with Gasteiger partial charge in [0, 0.05) is 30.1 Å². The minimum atomic E-state index is -4.72. The van der Waals surface area contributed by atoms with Gasteiger partial charge in [-0.1, -0.05) is 5.21 Å². The molecule has 3 N–H and O–H groups in total. The first-order valence-corrected chi connectivity index (χ1v) is 10.0. The lowest BCUT2D eigenvalue weighted by Crippen LogP contribution is -2.51. The van der Waals surface area contributed by atoms with E-state index in [0.717, 1.165) is 6.07 Å². The van der Waals surface area contributed by atoms with Gasteiger partial charge in [-0.2, -0.15) is 13.2 Å². The third-order valence-electron chi connectivity index (χ3n) is 5.50. The summed E-state index contributed by atoms with van der Waals surface area (Å²) in [7, 11) is 0. The SMILES string of the molecule is O=C(O)CCCn1cc(-c2ccc(C(=O)NC3CCC(O)(C(F)(F)F)CC3)cc2F)nn1. The minimum Gasteiger partial charge on any atom is -0.481 e. The third-order valence-corrected chi connectivity index (χ3v) is 5.50. The van der Waals surface area contributed by atoms with Crippen molar-refractivity contribution in [1.82, 2.24) is 20.3 Å². The molecule has 1 aliphatic carbocycles. The maximum absolute atomic E-state index is 14.6. The van der Waals surface area contributed by atoms with Crippen molar-refractivity contribution in [3.8, 4) is 11.3 Å². The van der Waals surface area contributed by atoms with E-state index >= 15 is 0 Å². The van der Waals surface area contributed by atoms with Crippen LogP contribution in [0.5, 0.6) is 0 Å². The second kappa shape index (κ2) is 9.23. The van der Waals surface area contributed by atoms with E-state index in [4.69, 9.17) is 5.11 Å². The number of alkyl halides is 3. The Hall–Kier alpha value is -3.02. The maximum atomic E-state index is 14.6. The van der Waals surface area contributed by atoms with E-state index in [2.05, 4.69) is 15.6 Å². The molecule has 0 radical (unpaired) electrons. The average Bonchev–Trinajstić information content (AvgIpc) is 3.17. The first kappa shape index (κ1) is 23.6. The summed E-state index contributed by atoms with van der Waals surface area (Å²) in [4.78, 5) is 23.0. The van der Waals surface area contributed by atoms with Gasteiger partial charge in [0.2, 0.25) is 0 Å². The average molecular weight is 458 g/mol. The van der Waals surface area contributed by atoms with Crippen LogP contribution in [0.1, 0.15) is 48.9 Å². The lowest BCUT2D eigenvalue weighted by molar-refractivity contribution is -0.270. The number of benzene rings is 1. The van der Waals surface area contributed by atoms with Crippen LogP contribution in [-0.2, 0) is 11.3 Å². The molecule has 0 aliphatic heterocycles. The van der Waals surface area contributed by atoms with E-state index in [1.807, 2.05) is 0 Å². The molecule has 3 rings (SSSR count). The number of carboxylic acid groups (broad SMARTS) is 1. The second-order valence-corrected chi connectivity index (χ2v) is 7.84. The number of carbonyl (C=O) groups excluding carboxylic acids is 1. The Labute approximate surface area is 180 Å². The number of aliphatic carboxylic acids is 1. The quantitative estimate of drug-likeness (QED) is 0.550. The lowest BCUT2D eigenvalue weighted by Gasteiger charge is -2.37. The monoisotopic (exact) mass is 458 g/mol. The fraction of sp³-hybridized carbons (Fsp3) is 0.500. The van der Waals surface area contributed by atoms with Crippen molar-refractivity contribution in [2.75, 3.05) is 0 Å². The fourth-order valence-corrected chi connectivity index (χ4v) is 3.58. The Morgan fingerprint density at radius 2 is 1.94 bits per heavy atom. The summed E-state index contributed by atoms with van der Waals surface area (Å²) in [5.41, 5.74) is -2.44. The summed E-state index contributed by atoms with van der Waals surface area (Å²) in [6, 6.07) is 3.16. The number of aliphatic hydroxyl groups is 1. The molecule has 0 unspecified atom stereocenters. The molecule has 1 aromatic heterocycles. The molecule has 1 heterocycles. The number of amides is 1. The van der Waals surface area contributed by atoms with Crippen LogP contribution >= 0.6 is 0 Å². The van der Waals surface area contributed by atoms with Crippen LogP contribution in [0, 0.1) is 5.82 Å². The molecule has 0 atom stereocenters. The molecule has 1 fully saturated rings. The van der Waals surface area contributed by atoms with Gasteiger partial charge in [-0.05, 0) is 50.3 Å². The van der Waals surface area contributed by atoms with Gasteiger partial charge in [-0.3, -0.25) is 14.3 Å². The fourth-order valence-electron chi connectivity index (χ4n) is 3.58. The molecule has 1 aliphatic rings. The van der Waals surface area contributed by atoms with E-state index < -0.39 is 48.4 Å². The second-order valence-electron chi connectivity index (χ2n) is 7.84. The molecule has 12 heteroatoms. The number of halogens is 4. The lowest BCUT2D eigenvalue weighted by atomic mass is 9.81. The zero-order valence-corrected chi connectivity index (χ0v) is 16.9. The molecule has 0 bridgehead atoms. The molecule has 1 amide bonds. The highest BCUT2D eigenvalue weighted by Crippen LogP contribution is 2.41. The standard InChI is InChI=1S/C20H22F4N4O4/c21-15-10-12(18(31)25-13-5-7-19(32,8-6-13)20(22,23)24)3-4-14(15)16-11-28(27-26-16)9-1-2-17(29)30/h3-4,10-11,13,32H,1-2,5-9H2,(H,25,31)(H,29,30). The number of nitrogens with one attached hydrogen (secondary N) is 1.